The van der Waals surface area contributed by atoms with E-state index < -0.39 is 5.92 Å². The molecule has 1 radical (unpaired) electrons. The summed E-state index contributed by atoms with van der Waals surface area (Å²) in [4.78, 5) is 22.6. The van der Waals surface area contributed by atoms with Crippen molar-refractivity contribution in [1.29, 1.82) is 0 Å². The van der Waals surface area contributed by atoms with Crippen molar-refractivity contribution in [3.63, 3.8) is 0 Å². The molecule has 0 aliphatic heterocycles. The van der Waals surface area contributed by atoms with E-state index >= 15 is 0 Å². The lowest BCUT2D eigenvalue weighted by atomic mass is 9.70. The normalized spacial score (nSPS) is 46.8. The zero-order valence-corrected chi connectivity index (χ0v) is 8.39. The smallest absolute Gasteiger partial charge is 0.209 e. The Bertz CT molecular complexity index is 280. The molecule has 0 aromatic carbocycles. The number of Topliss-reactive ketones (excluding diaryl/α,β-unsaturated/α-hetero) is 1. The third-order valence-electron chi connectivity index (χ3n) is 4.66. The monoisotopic (exact) mass is 179 g/mol. The molecule has 0 heterocycles. The topological polar surface area (TPSA) is 34.1 Å². The highest BCUT2D eigenvalue weighted by atomic mass is 16.1. The second-order valence-electron chi connectivity index (χ2n) is 5.16. The van der Waals surface area contributed by atoms with Crippen molar-refractivity contribution in [3.8, 4) is 0 Å². The van der Waals surface area contributed by atoms with Gasteiger partial charge in [0.05, 0.1) is 5.92 Å². The van der Waals surface area contributed by atoms with E-state index in [4.69, 9.17) is 0 Å². The summed E-state index contributed by atoms with van der Waals surface area (Å²) in [5.74, 6) is -0.0694. The minimum atomic E-state index is -0.436. The van der Waals surface area contributed by atoms with Gasteiger partial charge in [0.15, 0.2) is 5.78 Å². The number of fused-ring (bicyclic) bond motifs is 2. The minimum Gasteiger partial charge on any atom is -0.298 e. The van der Waals surface area contributed by atoms with E-state index in [-0.39, 0.29) is 22.5 Å². The van der Waals surface area contributed by atoms with Gasteiger partial charge in [-0.15, -0.1) is 0 Å². The molecule has 0 amide bonds. The molecule has 2 fully saturated rings. The summed E-state index contributed by atoms with van der Waals surface area (Å²) in [6.45, 7) is 6.23. The van der Waals surface area contributed by atoms with Gasteiger partial charge >= 0.3 is 0 Å². The molecular formula is C11H15O2. The van der Waals surface area contributed by atoms with Gasteiger partial charge in [-0.05, 0) is 24.2 Å². The van der Waals surface area contributed by atoms with Crippen LogP contribution in [0.2, 0.25) is 0 Å². The summed E-state index contributed by atoms with van der Waals surface area (Å²) in [5, 5.41) is 0. The number of hydrogen-bond acceptors (Lipinski definition) is 2. The Morgan fingerprint density at radius 1 is 1.38 bits per heavy atom. The van der Waals surface area contributed by atoms with Crippen LogP contribution in [-0.2, 0) is 9.59 Å². The summed E-state index contributed by atoms with van der Waals surface area (Å²) in [6, 6.07) is 0. The molecule has 2 rings (SSSR count). The van der Waals surface area contributed by atoms with Crippen molar-refractivity contribution in [2.24, 2.45) is 22.7 Å². The van der Waals surface area contributed by atoms with E-state index in [1.54, 1.807) is 0 Å². The molecule has 13 heavy (non-hydrogen) atoms. The molecule has 0 N–H and O–H groups in total. The van der Waals surface area contributed by atoms with Crippen molar-refractivity contribution in [2.45, 2.75) is 33.6 Å². The van der Waals surface area contributed by atoms with Crippen LogP contribution < -0.4 is 0 Å². The minimum absolute atomic E-state index is 0.00778. The fraction of sp³-hybridized carbons (Fsp3) is 0.818. The third kappa shape index (κ3) is 0.749. The maximum Gasteiger partial charge on any atom is 0.209 e. The predicted molar refractivity (Wildman–Crippen MR) is 48.8 cm³/mol. The van der Waals surface area contributed by atoms with Gasteiger partial charge in [-0.3, -0.25) is 9.59 Å². The molecule has 2 bridgehead atoms. The lowest BCUT2D eigenvalue weighted by Crippen LogP contribution is -2.33. The molecule has 2 aliphatic rings. The number of hydrogen-bond donors (Lipinski definition) is 0. The first-order valence-electron chi connectivity index (χ1n) is 4.87. The highest BCUT2D eigenvalue weighted by Crippen LogP contribution is 2.65. The second kappa shape index (κ2) is 2.23. The zero-order valence-electron chi connectivity index (χ0n) is 8.39. The SMILES string of the molecule is CC12CCC(C([C]=O)C1=O)C2(C)C. The molecule has 2 saturated carbocycles. The summed E-state index contributed by atoms with van der Waals surface area (Å²) in [5.41, 5.74) is -0.272. The van der Waals surface area contributed by atoms with Gasteiger partial charge in [0.2, 0.25) is 6.29 Å². The number of ketones is 1. The summed E-state index contributed by atoms with van der Waals surface area (Å²) < 4.78 is 0. The Kier molecular flexibility index (Phi) is 1.53. The maximum absolute atomic E-state index is 11.9. The molecule has 3 unspecified atom stereocenters. The van der Waals surface area contributed by atoms with Crippen LogP contribution in [0.15, 0.2) is 0 Å². The summed E-state index contributed by atoms with van der Waals surface area (Å²) in [6.07, 6.45) is 3.88. The first kappa shape index (κ1) is 8.92. The van der Waals surface area contributed by atoms with Gasteiger partial charge in [-0.2, -0.15) is 0 Å². The van der Waals surface area contributed by atoms with Crippen molar-refractivity contribution < 1.29 is 9.59 Å². The Morgan fingerprint density at radius 2 is 2.00 bits per heavy atom. The average molecular weight is 179 g/mol. The van der Waals surface area contributed by atoms with Gasteiger partial charge in [-0.25, -0.2) is 0 Å². The van der Waals surface area contributed by atoms with Gasteiger partial charge in [-0.1, -0.05) is 20.8 Å². The van der Waals surface area contributed by atoms with Gasteiger partial charge < -0.3 is 0 Å². The van der Waals surface area contributed by atoms with E-state index in [2.05, 4.69) is 13.8 Å². The highest BCUT2D eigenvalue weighted by molar-refractivity contribution is 6.01. The summed E-state index contributed by atoms with van der Waals surface area (Å²) >= 11 is 0. The van der Waals surface area contributed by atoms with Crippen LogP contribution in [0.1, 0.15) is 33.6 Å². The Hall–Kier alpha value is -0.660. The lowest BCUT2D eigenvalue weighted by Gasteiger charge is -2.32. The molecule has 0 aromatic rings. The fourth-order valence-electron chi connectivity index (χ4n) is 3.22. The molecule has 71 valence electrons. The van der Waals surface area contributed by atoms with Crippen molar-refractivity contribution in [2.75, 3.05) is 0 Å². The van der Waals surface area contributed by atoms with Gasteiger partial charge in [0.25, 0.3) is 0 Å². The molecule has 3 atom stereocenters. The third-order valence-corrected chi connectivity index (χ3v) is 4.66. The quantitative estimate of drug-likeness (QED) is 0.574. The zero-order chi connectivity index (χ0) is 9.85. The molecule has 2 heteroatoms. The van der Waals surface area contributed by atoms with Gasteiger partial charge in [0, 0.05) is 5.41 Å². The average Bonchev–Trinajstić information content (AvgIpc) is 2.36. The van der Waals surface area contributed by atoms with E-state index in [9.17, 15) is 9.59 Å². The van der Waals surface area contributed by atoms with Crippen molar-refractivity contribution >= 4 is 12.1 Å². The maximum atomic E-state index is 11.9. The van der Waals surface area contributed by atoms with E-state index in [1.165, 1.54) is 0 Å². The van der Waals surface area contributed by atoms with Crippen LogP contribution >= 0.6 is 0 Å². The van der Waals surface area contributed by atoms with Crippen LogP contribution in [0.3, 0.4) is 0 Å². The fourth-order valence-corrected chi connectivity index (χ4v) is 3.22. The Balaban J connectivity index is 2.50. The first-order valence-corrected chi connectivity index (χ1v) is 4.87. The number of carbonyl (C=O) groups is 1. The van der Waals surface area contributed by atoms with E-state index in [0.717, 1.165) is 12.8 Å². The second-order valence-corrected chi connectivity index (χ2v) is 5.16. The Labute approximate surface area is 78.7 Å². The van der Waals surface area contributed by atoms with Crippen LogP contribution in [0, 0.1) is 22.7 Å². The van der Waals surface area contributed by atoms with Crippen molar-refractivity contribution in [1.82, 2.24) is 0 Å². The van der Waals surface area contributed by atoms with Crippen LogP contribution in [0.25, 0.3) is 0 Å². The number of carbonyl (C=O) groups excluding carboxylic acids is 2. The van der Waals surface area contributed by atoms with Crippen LogP contribution in [0.5, 0.6) is 0 Å². The molecule has 0 aromatic heterocycles. The molecule has 2 aliphatic carbocycles. The van der Waals surface area contributed by atoms with Gasteiger partial charge in [0.1, 0.15) is 0 Å². The lowest BCUT2D eigenvalue weighted by molar-refractivity contribution is -0.129. The summed E-state index contributed by atoms with van der Waals surface area (Å²) in [7, 11) is 0. The predicted octanol–water partition coefficient (Wildman–Crippen LogP) is 1.74. The van der Waals surface area contributed by atoms with E-state index in [0.29, 0.717) is 0 Å². The number of rotatable bonds is 1. The molecule has 2 nitrogen and oxygen atoms in total. The standard InChI is InChI=1S/C11H15O2/c1-10(2)8-4-5-11(10,3)9(13)7(8)6-12/h7-8H,4-5H2,1-3H3. The van der Waals surface area contributed by atoms with Crippen LogP contribution in [0.4, 0.5) is 0 Å². The molecule has 0 saturated heterocycles. The largest absolute Gasteiger partial charge is 0.298 e. The highest BCUT2D eigenvalue weighted by Gasteiger charge is 2.66. The Morgan fingerprint density at radius 3 is 2.31 bits per heavy atom. The molecule has 0 spiro atoms. The first-order chi connectivity index (χ1) is 5.95. The van der Waals surface area contributed by atoms with E-state index in [1.807, 2.05) is 13.2 Å². The van der Waals surface area contributed by atoms with Crippen molar-refractivity contribution in [3.05, 3.63) is 0 Å². The molecular weight excluding hydrogens is 164 g/mol. The van der Waals surface area contributed by atoms with Crippen LogP contribution in [-0.4, -0.2) is 12.1 Å².